The molecule has 33 heavy (non-hydrogen) atoms. The van der Waals surface area contributed by atoms with Crippen molar-refractivity contribution in [3.8, 4) is 16.9 Å². The molecule has 0 fully saturated rings. The van der Waals surface area contributed by atoms with Gasteiger partial charge in [0.05, 0.1) is 11.7 Å². The first-order valence-electron chi connectivity index (χ1n) is 10.8. The maximum absolute atomic E-state index is 13.6. The zero-order chi connectivity index (χ0) is 22.5. The van der Waals surface area contributed by atoms with Gasteiger partial charge in [-0.25, -0.2) is 4.68 Å². The lowest BCUT2D eigenvalue weighted by molar-refractivity contribution is 0.0938. The molecule has 5 nitrogen and oxygen atoms in total. The van der Waals surface area contributed by atoms with E-state index in [-0.39, 0.29) is 17.6 Å². The smallest absolute Gasteiger partial charge is 0.274 e. The van der Waals surface area contributed by atoms with Crippen LogP contribution in [0.25, 0.3) is 16.9 Å². The fourth-order valence-electron chi connectivity index (χ4n) is 3.89. The molecular weight excluding hydrogens is 408 g/mol. The van der Waals surface area contributed by atoms with Crippen LogP contribution in [0.3, 0.4) is 0 Å². The summed E-state index contributed by atoms with van der Waals surface area (Å²) in [5.41, 5.74) is 4.63. The summed E-state index contributed by atoms with van der Waals surface area (Å²) in [6.07, 6.45) is 0. The average Bonchev–Trinajstić information content (AvgIpc) is 3.35. The number of hydrogen-bond acceptors (Lipinski definition) is 3. The maximum Gasteiger partial charge on any atom is 0.274 e. The van der Waals surface area contributed by atoms with Gasteiger partial charge in [-0.05, 0) is 23.3 Å². The Morgan fingerprint density at radius 2 is 1.15 bits per heavy atom. The van der Waals surface area contributed by atoms with E-state index in [1.54, 1.807) is 4.68 Å². The van der Waals surface area contributed by atoms with Gasteiger partial charge in [-0.3, -0.25) is 4.79 Å². The van der Waals surface area contributed by atoms with E-state index in [1.807, 2.05) is 121 Å². The second-order valence-corrected chi connectivity index (χ2v) is 7.63. The molecular formula is C28H22N4O. The van der Waals surface area contributed by atoms with Crippen molar-refractivity contribution < 1.29 is 4.79 Å². The third kappa shape index (κ3) is 4.29. The minimum Gasteiger partial charge on any atom is -0.340 e. The summed E-state index contributed by atoms with van der Waals surface area (Å²) >= 11 is 0. The molecule has 0 saturated carbocycles. The lowest BCUT2D eigenvalue weighted by Crippen LogP contribution is -2.30. The maximum atomic E-state index is 13.6. The lowest BCUT2D eigenvalue weighted by atomic mass is 9.98. The van der Waals surface area contributed by atoms with Crippen LogP contribution in [0.1, 0.15) is 27.7 Å². The topological polar surface area (TPSA) is 59.8 Å². The highest BCUT2D eigenvalue weighted by molar-refractivity contribution is 5.98. The van der Waals surface area contributed by atoms with E-state index in [1.165, 1.54) is 0 Å². The van der Waals surface area contributed by atoms with Gasteiger partial charge in [-0.1, -0.05) is 114 Å². The fraction of sp³-hybridized carbons (Fsp3) is 0.0357. The Hall–Kier alpha value is -4.51. The van der Waals surface area contributed by atoms with Crippen molar-refractivity contribution in [2.45, 2.75) is 6.04 Å². The largest absolute Gasteiger partial charge is 0.340 e. The molecule has 0 spiro atoms. The monoisotopic (exact) mass is 430 g/mol. The van der Waals surface area contributed by atoms with E-state index in [4.69, 9.17) is 0 Å². The van der Waals surface area contributed by atoms with Crippen LogP contribution in [0, 0.1) is 0 Å². The van der Waals surface area contributed by atoms with E-state index in [9.17, 15) is 4.79 Å². The Labute approximate surface area is 192 Å². The van der Waals surface area contributed by atoms with Crippen LogP contribution in [-0.4, -0.2) is 20.9 Å². The summed E-state index contributed by atoms with van der Waals surface area (Å²) in [5, 5.41) is 11.8. The van der Waals surface area contributed by atoms with Crippen LogP contribution in [0.5, 0.6) is 0 Å². The van der Waals surface area contributed by atoms with E-state index in [2.05, 4.69) is 15.6 Å². The van der Waals surface area contributed by atoms with Gasteiger partial charge < -0.3 is 5.32 Å². The van der Waals surface area contributed by atoms with Crippen molar-refractivity contribution in [1.82, 2.24) is 20.3 Å². The standard InChI is InChI=1S/C28H22N4O/c33-28(29-25(21-13-5-1-6-14-21)22-15-7-2-8-16-22)26-27(23-17-9-3-10-18-23)32(31-30-26)24-19-11-4-12-20-24/h1-20,25H,(H,29,33). The van der Waals surface area contributed by atoms with Gasteiger partial charge in [0, 0.05) is 5.56 Å². The van der Waals surface area contributed by atoms with E-state index in [0.717, 1.165) is 22.4 Å². The van der Waals surface area contributed by atoms with Gasteiger partial charge in [0.1, 0.15) is 5.69 Å². The molecule has 0 saturated heterocycles. The fourth-order valence-corrected chi connectivity index (χ4v) is 3.89. The number of carbonyl (C=O) groups is 1. The number of nitrogens with zero attached hydrogens (tertiary/aromatic N) is 3. The molecule has 0 atom stereocenters. The number of hydrogen-bond donors (Lipinski definition) is 1. The molecule has 5 aromatic rings. The van der Waals surface area contributed by atoms with Crippen LogP contribution in [0.4, 0.5) is 0 Å². The molecule has 1 aromatic heterocycles. The molecule has 0 radical (unpaired) electrons. The molecule has 0 aliphatic heterocycles. The van der Waals surface area contributed by atoms with Crippen molar-refractivity contribution in [1.29, 1.82) is 0 Å². The molecule has 5 rings (SSSR count). The van der Waals surface area contributed by atoms with Gasteiger partial charge in [0.25, 0.3) is 5.91 Å². The number of carbonyl (C=O) groups excluding carboxylic acids is 1. The third-order valence-corrected chi connectivity index (χ3v) is 5.47. The summed E-state index contributed by atoms with van der Waals surface area (Å²) in [4.78, 5) is 13.6. The summed E-state index contributed by atoms with van der Waals surface area (Å²) in [7, 11) is 0. The van der Waals surface area contributed by atoms with Gasteiger partial charge in [0.2, 0.25) is 0 Å². The van der Waals surface area contributed by atoms with E-state index < -0.39 is 0 Å². The zero-order valence-electron chi connectivity index (χ0n) is 17.9. The second kappa shape index (κ2) is 9.32. The first-order chi connectivity index (χ1) is 16.3. The van der Waals surface area contributed by atoms with E-state index >= 15 is 0 Å². The number of aromatic nitrogens is 3. The van der Waals surface area contributed by atoms with E-state index in [0.29, 0.717) is 5.69 Å². The van der Waals surface area contributed by atoms with Crippen molar-refractivity contribution in [3.05, 3.63) is 138 Å². The highest BCUT2D eigenvalue weighted by Crippen LogP contribution is 2.27. The number of nitrogens with one attached hydrogen (secondary N) is 1. The molecule has 5 heteroatoms. The molecule has 1 N–H and O–H groups in total. The Morgan fingerprint density at radius 3 is 1.70 bits per heavy atom. The summed E-state index contributed by atoms with van der Waals surface area (Å²) in [6.45, 7) is 0. The number of benzene rings is 4. The normalized spacial score (nSPS) is 10.8. The lowest BCUT2D eigenvalue weighted by Gasteiger charge is -2.19. The van der Waals surface area contributed by atoms with Gasteiger partial charge in [-0.15, -0.1) is 5.10 Å². The Kier molecular flexibility index (Phi) is 5.76. The van der Waals surface area contributed by atoms with Crippen LogP contribution in [-0.2, 0) is 0 Å². The molecule has 0 unspecified atom stereocenters. The second-order valence-electron chi connectivity index (χ2n) is 7.63. The van der Waals surface area contributed by atoms with Crippen LogP contribution in [0.15, 0.2) is 121 Å². The first-order valence-corrected chi connectivity index (χ1v) is 10.8. The molecule has 0 bridgehead atoms. The van der Waals surface area contributed by atoms with Crippen molar-refractivity contribution in [3.63, 3.8) is 0 Å². The van der Waals surface area contributed by atoms with Crippen molar-refractivity contribution in [2.75, 3.05) is 0 Å². The quantitative estimate of drug-likeness (QED) is 0.389. The molecule has 4 aromatic carbocycles. The summed E-state index contributed by atoms with van der Waals surface area (Å²) in [6, 6.07) is 39.0. The average molecular weight is 431 g/mol. The first kappa shape index (κ1) is 20.4. The molecule has 0 aliphatic carbocycles. The summed E-state index contributed by atoms with van der Waals surface area (Å²) < 4.78 is 1.71. The Bertz CT molecular complexity index is 1290. The van der Waals surface area contributed by atoms with Crippen LogP contribution >= 0.6 is 0 Å². The van der Waals surface area contributed by atoms with Crippen molar-refractivity contribution in [2.24, 2.45) is 0 Å². The van der Waals surface area contributed by atoms with Gasteiger partial charge in [-0.2, -0.15) is 0 Å². The SMILES string of the molecule is O=C(NC(c1ccccc1)c1ccccc1)c1nnn(-c2ccccc2)c1-c1ccccc1. The molecule has 160 valence electrons. The predicted octanol–water partition coefficient (Wildman–Crippen LogP) is 5.45. The highest BCUT2D eigenvalue weighted by Gasteiger charge is 2.25. The number of para-hydroxylation sites is 1. The van der Waals surface area contributed by atoms with Crippen molar-refractivity contribution >= 4 is 5.91 Å². The van der Waals surface area contributed by atoms with Gasteiger partial charge >= 0.3 is 0 Å². The Balaban J connectivity index is 1.57. The number of amides is 1. The predicted molar refractivity (Wildman–Crippen MR) is 129 cm³/mol. The molecule has 1 amide bonds. The van der Waals surface area contributed by atoms with Crippen LogP contribution < -0.4 is 5.32 Å². The zero-order valence-corrected chi connectivity index (χ0v) is 17.9. The highest BCUT2D eigenvalue weighted by atomic mass is 16.2. The van der Waals surface area contributed by atoms with Crippen LogP contribution in [0.2, 0.25) is 0 Å². The number of rotatable bonds is 6. The minimum atomic E-state index is -0.314. The van der Waals surface area contributed by atoms with Gasteiger partial charge in [0.15, 0.2) is 5.69 Å². The molecule has 1 heterocycles. The summed E-state index contributed by atoms with van der Waals surface area (Å²) in [5.74, 6) is -0.284. The molecule has 0 aliphatic rings. The third-order valence-electron chi connectivity index (χ3n) is 5.47. The minimum absolute atomic E-state index is 0.280. The Morgan fingerprint density at radius 1 is 0.667 bits per heavy atom.